The minimum Gasteiger partial charge on any atom is -0.484 e. The number of aromatic nitrogens is 3. The van der Waals surface area contributed by atoms with Crippen molar-refractivity contribution < 1.29 is 14.3 Å². The molecule has 3 aromatic rings. The molecule has 1 heterocycles. The van der Waals surface area contributed by atoms with Crippen LogP contribution >= 0.6 is 23.4 Å². The van der Waals surface area contributed by atoms with Crippen molar-refractivity contribution in [2.75, 3.05) is 12.4 Å². The van der Waals surface area contributed by atoms with Crippen LogP contribution in [0.2, 0.25) is 5.02 Å². The summed E-state index contributed by atoms with van der Waals surface area (Å²) in [5, 5.41) is 9.38. The van der Waals surface area contributed by atoms with E-state index in [9.17, 15) is 9.59 Å². The molecular weight excluding hydrogens is 426 g/mol. The van der Waals surface area contributed by atoms with Crippen LogP contribution in [-0.4, -0.2) is 38.9 Å². The molecule has 0 aliphatic carbocycles. The van der Waals surface area contributed by atoms with Gasteiger partial charge in [-0.3, -0.25) is 25.0 Å². The first-order valence-electron chi connectivity index (χ1n) is 9.00. The Balaban J connectivity index is 1.46. The van der Waals surface area contributed by atoms with E-state index in [1.54, 1.807) is 24.3 Å². The number of nitrogens with one attached hydrogen (secondary N) is 2. The van der Waals surface area contributed by atoms with E-state index in [1.807, 2.05) is 42.7 Å². The van der Waals surface area contributed by atoms with Gasteiger partial charge in [0.25, 0.3) is 5.91 Å². The quantitative estimate of drug-likeness (QED) is 0.428. The van der Waals surface area contributed by atoms with Gasteiger partial charge in [-0.2, -0.15) is 0 Å². The molecule has 2 aromatic carbocycles. The number of hydrazine groups is 1. The van der Waals surface area contributed by atoms with Gasteiger partial charge in [0.1, 0.15) is 11.6 Å². The van der Waals surface area contributed by atoms with Gasteiger partial charge in [-0.25, -0.2) is 0 Å². The number of aryl methyl sites for hydroxylation is 2. The van der Waals surface area contributed by atoms with E-state index in [-0.39, 0.29) is 18.3 Å². The van der Waals surface area contributed by atoms with Crippen LogP contribution in [0.25, 0.3) is 5.69 Å². The Morgan fingerprint density at radius 3 is 2.37 bits per heavy atom. The number of amides is 2. The van der Waals surface area contributed by atoms with Crippen molar-refractivity contribution in [2.24, 2.45) is 0 Å². The van der Waals surface area contributed by atoms with Crippen molar-refractivity contribution in [3.8, 4) is 11.4 Å². The van der Waals surface area contributed by atoms with E-state index in [4.69, 9.17) is 16.3 Å². The number of hydrogen-bond donors (Lipinski definition) is 2. The molecule has 0 radical (unpaired) electrons. The van der Waals surface area contributed by atoms with Crippen LogP contribution < -0.4 is 15.6 Å². The Hall–Kier alpha value is -3.04. The Morgan fingerprint density at radius 2 is 1.67 bits per heavy atom. The minimum atomic E-state index is -0.484. The maximum atomic E-state index is 12.1. The summed E-state index contributed by atoms with van der Waals surface area (Å²) < 4.78 is 7.18. The van der Waals surface area contributed by atoms with Crippen molar-refractivity contribution in [3.05, 3.63) is 64.9 Å². The fraction of sp³-hybridized carbons (Fsp3) is 0.200. The predicted octanol–water partition coefficient (Wildman–Crippen LogP) is 2.86. The standard InChI is InChI=1S/C20H20ClN5O3S/c1-13-3-7-16(8-4-13)26-14(2)22-25-20(26)30-12-19(28)24-23-18(27)11-29-17-9-5-15(21)6-10-17/h3-10H,11-12H2,1-2H3,(H,23,27)(H,24,28). The largest absolute Gasteiger partial charge is 0.484 e. The second kappa shape index (κ2) is 10.1. The summed E-state index contributed by atoms with van der Waals surface area (Å²) in [5.74, 6) is 0.414. The number of nitrogens with zero attached hydrogens (tertiary/aromatic N) is 3. The molecule has 1 aromatic heterocycles. The highest BCUT2D eigenvalue weighted by molar-refractivity contribution is 7.99. The summed E-state index contributed by atoms with van der Waals surface area (Å²) in [6.07, 6.45) is 0. The number of rotatable bonds is 7. The number of carbonyl (C=O) groups excluding carboxylic acids is 2. The van der Waals surface area contributed by atoms with Gasteiger partial charge in [0.05, 0.1) is 5.75 Å². The van der Waals surface area contributed by atoms with E-state index >= 15 is 0 Å². The van der Waals surface area contributed by atoms with Crippen molar-refractivity contribution in [1.82, 2.24) is 25.6 Å². The zero-order valence-electron chi connectivity index (χ0n) is 16.4. The zero-order valence-corrected chi connectivity index (χ0v) is 18.0. The second-order valence-corrected chi connectivity index (χ2v) is 7.71. The van der Waals surface area contributed by atoms with Crippen LogP contribution in [0.4, 0.5) is 0 Å². The number of carbonyl (C=O) groups is 2. The summed E-state index contributed by atoms with van der Waals surface area (Å²) in [5.41, 5.74) is 6.73. The average Bonchev–Trinajstić information content (AvgIpc) is 3.11. The third-order valence-corrected chi connectivity index (χ3v) is 5.13. The lowest BCUT2D eigenvalue weighted by Gasteiger charge is -2.10. The van der Waals surface area contributed by atoms with Crippen LogP contribution in [0.5, 0.6) is 5.75 Å². The highest BCUT2D eigenvalue weighted by Gasteiger charge is 2.14. The van der Waals surface area contributed by atoms with Gasteiger partial charge in [0.15, 0.2) is 11.8 Å². The summed E-state index contributed by atoms with van der Waals surface area (Å²) >= 11 is 7.01. The summed E-state index contributed by atoms with van der Waals surface area (Å²) in [7, 11) is 0. The lowest BCUT2D eigenvalue weighted by molar-refractivity contribution is -0.128. The van der Waals surface area contributed by atoms with Crippen molar-refractivity contribution in [1.29, 1.82) is 0 Å². The summed E-state index contributed by atoms with van der Waals surface area (Å²) in [4.78, 5) is 23.9. The molecule has 0 aliphatic heterocycles. The Kier molecular flexibility index (Phi) is 7.31. The molecule has 10 heteroatoms. The molecule has 0 spiro atoms. The summed E-state index contributed by atoms with van der Waals surface area (Å²) in [6.45, 7) is 3.62. The average molecular weight is 446 g/mol. The van der Waals surface area contributed by atoms with Crippen LogP contribution in [-0.2, 0) is 9.59 Å². The molecule has 0 saturated carbocycles. The number of benzene rings is 2. The monoisotopic (exact) mass is 445 g/mol. The maximum absolute atomic E-state index is 12.1. The van der Waals surface area contributed by atoms with Gasteiger partial charge >= 0.3 is 0 Å². The molecule has 8 nitrogen and oxygen atoms in total. The van der Waals surface area contributed by atoms with Gasteiger partial charge in [0.2, 0.25) is 5.91 Å². The smallest absolute Gasteiger partial charge is 0.276 e. The van der Waals surface area contributed by atoms with Crippen LogP contribution in [0.3, 0.4) is 0 Å². The lowest BCUT2D eigenvalue weighted by Crippen LogP contribution is -2.44. The molecule has 2 amide bonds. The Labute approximate surface area is 182 Å². The van der Waals surface area contributed by atoms with E-state index in [0.717, 1.165) is 17.1 Å². The maximum Gasteiger partial charge on any atom is 0.276 e. The third-order valence-electron chi connectivity index (χ3n) is 3.94. The molecule has 156 valence electrons. The van der Waals surface area contributed by atoms with Gasteiger partial charge in [-0.05, 0) is 50.2 Å². The normalized spacial score (nSPS) is 10.5. The zero-order chi connectivity index (χ0) is 21.5. The van der Waals surface area contributed by atoms with E-state index in [0.29, 0.717) is 15.9 Å². The summed E-state index contributed by atoms with van der Waals surface area (Å²) in [6, 6.07) is 14.5. The van der Waals surface area contributed by atoms with Gasteiger partial charge < -0.3 is 4.74 Å². The van der Waals surface area contributed by atoms with Gasteiger partial charge in [0, 0.05) is 10.7 Å². The molecule has 30 heavy (non-hydrogen) atoms. The molecule has 0 fully saturated rings. The van der Waals surface area contributed by atoms with Crippen molar-refractivity contribution >= 4 is 35.2 Å². The van der Waals surface area contributed by atoms with E-state index in [2.05, 4.69) is 21.0 Å². The molecule has 0 aliphatic rings. The fourth-order valence-electron chi connectivity index (χ4n) is 2.45. The number of halogens is 1. The number of ether oxygens (including phenoxy) is 1. The van der Waals surface area contributed by atoms with Crippen LogP contribution in [0, 0.1) is 13.8 Å². The predicted molar refractivity (Wildman–Crippen MR) is 115 cm³/mol. The molecule has 2 N–H and O–H groups in total. The van der Waals surface area contributed by atoms with Crippen LogP contribution in [0.1, 0.15) is 11.4 Å². The molecule has 0 saturated heterocycles. The van der Waals surface area contributed by atoms with E-state index in [1.165, 1.54) is 11.8 Å². The highest BCUT2D eigenvalue weighted by Crippen LogP contribution is 2.22. The van der Waals surface area contributed by atoms with Crippen LogP contribution in [0.15, 0.2) is 53.7 Å². The third kappa shape index (κ3) is 5.98. The minimum absolute atomic E-state index is 0.0579. The lowest BCUT2D eigenvalue weighted by atomic mass is 10.2. The number of hydrogen-bond acceptors (Lipinski definition) is 6. The Bertz CT molecular complexity index is 1020. The van der Waals surface area contributed by atoms with Gasteiger partial charge in [-0.1, -0.05) is 41.1 Å². The highest BCUT2D eigenvalue weighted by atomic mass is 35.5. The molecule has 0 bridgehead atoms. The molecule has 0 atom stereocenters. The SMILES string of the molecule is Cc1ccc(-n2c(C)nnc2SCC(=O)NNC(=O)COc2ccc(Cl)cc2)cc1. The molecule has 0 unspecified atom stereocenters. The fourth-order valence-corrected chi connectivity index (χ4v) is 3.37. The first kappa shape index (κ1) is 21.7. The number of thioether (sulfide) groups is 1. The van der Waals surface area contributed by atoms with Gasteiger partial charge in [-0.15, -0.1) is 10.2 Å². The van der Waals surface area contributed by atoms with Crippen molar-refractivity contribution in [2.45, 2.75) is 19.0 Å². The first-order chi connectivity index (χ1) is 14.4. The van der Waals surface area contributed by atoms with E-state index < -0.39 is 5.91 Å². The van der Waals surface area contributed by atoms with Crippen molar-refractivity contribution in [3.63, 3.8) is 0 Å². The first-order valence-corrected chi connectivity index (χ1v) is 10.4. The second-order valence-electron chi connectivity index (χ2n) is 6.33. The topological polar surface area (TPSA) is 98.1 Å². The molecular formula is C20H20ClN5O3S. The Morgan fingerprint density at radius 1 is 1.00 bits per heavy atom. The molecule has 3 rings (SSSR count).